The van der Waals surface area contributed by atoms with Crippen molar-refractivity contribution < 1.29 is 38.4 Å². The van der Waals surface area contributed by atoms with Gasteiger partial charge in [0.1, 0.15) is 22.6 Å². The maximum Gasteiger partial charge on any atom is 0.415 e. The lowest BCUT2D eigenvalue weighted by molar-refractivity contribution is -0.187. The molecule has 0 aliphatic rings. The zero-order valence-corrected chi connectivity index (χ0v) is 19.6. The molecule has 0 aliphatic carbocycles. The lowest BCUT2D eigenvalue weighted by atomic mass is 10.2. The van der Waals surface area contributed by atoms with Gasteiger partial charge in [-0.05, 0) is 52.0 Å². The van der Waals surface area contributed by atoms with Gasteiger partial charge in [-0.15, -0.1) is 0 Å². The van der Waals surface area contributed by atoms with Gasteiger partial charge in [-0.1, -0.05) is 24.3 Å². The highest BCUT2D eigenvalue weighted by molar-refractivity contribution is 5.96. The van der Waals surface area contributed by atoms with Crippen LogP contribution in [0.5, 0.6) is 11.5 Å². The lowest BCUT2D eigenvalue weighted by Gasteiger charge is -2.19. The van der Waals surface area contributed by atoms with Crippen LogP contribution < -0.4 is 9.47 Å². The Balaban J connectivity index is 2.10. The summed E-state index contributed by atoms with van der Waals surface area (Å²) in [6.45, 7) is 8.89. The molecule has 10 heteroatoms. The highest BCUT2D eigenvalue weighted by Crippen LogP contribution is 2.22. The molecule has 0 spiro atoms. The zero-order valence-electron chi connectivity index (χ0n) is 19.6. The van der Waals surface area contributed by atoms with Crippen LogP contribution in [0.15, 0.2) is 48.5 Å². The fraction of sp³-hybridized carbons (Fsp3) is 0.333. The lowest BCUT2D eigenvalue weighted by Crippen LogP contribution is -2.33. The van der Waals surface area contributed by atoms with Crippen molar-refractivity contribution in [3.63, 3.8) is 0 Å². The van der Waals surface area contributed by atoms with Gasteiger partial charge in [0, 0.05) is 26.2 Å². The molecular formula is C24H28N2O8. The SMILES string of the molecule is CCN(CC)C(=O)Oc1ccccc1C(=O)OOC(=O)c1ccccc1OC(=O)N(CC)CC. The maximum absolute atomic E-state index is 12.5. The second kappa shape index (κ2) is 12.8. The molecule has 0 unspecified atom stereocenters. The van der Waals surface area contributed by atoms with Crippen molar-refractivity contribution >= 4 is 24.1 Å². The largest absolute Gasteiger partial charge is 0.415 e. The highest BCUT2D eigenvalue weighted by atomic mass is 17.2. The summed E-state index contributed by atoms with van der Waals surface area (Å²) in [7, 11) is 0. The molecule has 0 heterocycles. The normalized spacial score (nSPS) is 10.1. The first kappa shape index (κ1) is 26.2. The summed E-state index contributed by atoms with van der Waals surface area (Å²) in [5.41, 5.74) is -0.228. The molecule has 2 aromatic rings. The molecule has 0 aromatic heterocycles. The van der Waals surface area contributed by atoms with Crippen LogP contribution >= 0.6 is 0 Å². The van der Waals surface area contributed by atoms with Crippen LogP contribution in [-0.4, -0.2) is 60.1 Å². The summed E-state index contributed by atoms with van der Waals surface area (Å²) in [6, 6.07) is 11.8. The van der Waals surface area contributed by atoms with Gasteiger partial charge in [-0.3, -0.25) is 0 Å². The Morgan fingerprint density at radius 1 is 0.588 bits per heavy atom. The van der Waals surface area contributed by atoms with Crippen LogP contribution in [0.1, 0.15) is 48.4 Å². The molecular weight excluding hydrogens is 444 g/mol. The summed E-state index contributed by atoms with van der Waals surface area (Å²) >= 11 is 0. The number of benzene rings is 2. The van der Waals surface area contributed by atoms with Crippen molar-refractivity contribution in [1.29, 1.82) is 0 Å². The molecule has 0 fully saturated rings. The molecule has 0 atom stereocenters. The molecule has 0 saturated heterocycles. The molecule has 2 rings (SSSR count). The van der Waals surface area contributed by atoms with Crippen LogP contribution in [0, 0.1) is 0 Å². The number of nitrogens with zero attached hydrogens (tertiary/aromatic N) is 2. The number of carbonyl (C=O) groups is 4. The Bertz CT molecular complexity index is 934. The van der Waals surface area contributed by atoms with E-state index in [-0.39, 0.29) is 22.6 Å². The number of carbonyl (C=O) groups excluding carboxylic acids is 4. The van der Waals surface area contributed by atoms with Crippen molar-refractivity contribution in [2.45, 2.75) is 27.7 Å². The predicted octanol–water partition coefficient (Wildman–Crippen LogP) is 4.30. The Hall–Kier alpha value is -4.08. The minimum Gasteiger partial charge on any atom is -0.409 e. The minimum atomic E-state index is -1.05. The van der Waals surface area contributed by atoms with E-state index in [0.29, 0.717) is 26.2 Å². The molecule has 0 saturated carbocycles. The van der Waals surface area contributed by atoms with Gasteiger partial charge in [0.25, 0.3) is 0 Å². The Labute approximate surface area is 197 Å². The van der Waals surface area contributed by atoms with Gasteiger partial charge in [0.05, 0.1) is 0 Å². The standard InChI is InChI=1S/C24H28N2O8/c1-5-25(6-2)23(29)31-19-15-11-9-13-17(19)21(27)33-34-22(28)18-14-10-12-16-20(18)32-24(30)26(7-3)8-4/h9-16H,5-8H2,1-4H3. The quantitative estimate of drug-likeness (QED) is 0.413. The Morgan fingerprint density at radius 2 is 0.912 bits per heavy atom. The summed E-state index contributed by atoms with van der Waals surface area (Å²) in [5, 5.41) is 0. The predicted molar refractivity (Wildman–Crippen MR) is 122 cm³/mol. The van der Waals surface area contributed by atoms with Crippen LogP contribution in [-0.2, 0) is 9.78 Å². The average Bonchev–Trinajstić information content (AvgIpc) is 2.84. The molecule has 2 aromatic carbocycles. The first-order valence-corrected chi connectivity index (χ1v) is 10.9. The Kier molecular flexibility index (Phi) is 9.88. The van der Waals surface area contributed by atoms with Gasteiger partial charge in [0.2, 0.25) is 0 Å². The molecule has 34 heavy (non-hydrogen) atoms. The highest BCUT2D eigenvalue weighted by Gasteiger charge is 2.23. The number of hydrogen-bond donors (Lipinski definition) is 0. The number of ether oxygens (including phenoxy) is 2. The number of rotatable bonds is 8. The summed E-state index contributed by atoms with van der Waals surface area (Å²) < 4.78 is 10.6. The zero-order chi connectivity index (χ0) is 25.1. The smallest absolute Gasteiger partial charge is 0.409 e. The fourth-order valence-electron chi connectivity index (χ4n) is 2.89. The van der Waals surface area contributed by atoms with E-state index in [0.717, 1.165) is 0 Å². The van der Waals surface area contributed by atoms with E-state index in [4.69, 9.17) is 9.47 Å². The monoisotopic (exact) mass is 472 g/mol. The van der Waals surface area contributed by atoms with E-state index in [2.05, 4.69) is 9.78 Å². The van der Waals surface area contributed by atoms with Gasteiger partial charge in [0.15, 0.2) is 0 Å². The maximum atomic E-state index is 12.5. The van der Waals surface area contributed by atoms with Crippen molar-refractivity contribution in [1.82, 2.24) is 9.80 Å². The number of para-hydroxylation sites is 2. The van der Waals surface area contributed by atoms with Crippen molar-refractivity contribution in [2.75, 3.05) is 26.2 Å². The van der Waals surface area contributed by atoms with Gasteiger partial charge < -0.3 is 19.3 Å². The van der Waals surface area contributed by atoms with Crippen LogP contribution in [0.25, 0.3) is 0 Å². The van der Waals surface area contributed by atoms with Gasteiger partial charge in [-0.2, -0.15) is 0 Å². The second-order valence-electron chi connectivity index (χ2n) is 6.81. The molecule has 0 bridgehead atoms. The summed E-state index contributed by atoms with van der Waals surface area (Å²) in [5.74, 6) is -2.19. The van der Waals surface area contributed by atoms with E-state index in [1.54, 1.807) is 39.8 Å². The second-order valence-corrected chi connectivity index (χ2v) is 6.81. The first-order valence-electron chi connectivity index (χ1n) is 10.9. The van der Waals surface area contributed by atoms with Crippen molar-refractivity contribution in [3.05, 3.63) is 59.7 Å². The minimum absolute atomic E-state index is 0.0472. The van der Waals surface area contributed by atoms with Crippen molar-refractivity contribution in [2.24, 2.45) is 0 Å². The van der Waals surface area contributed by atoms with Gasteiger partial charge >= 0.3 is 24.1 Å². The average molecular weight is 472 g/mol. The topological polar surface area (TPSA) is 112 Å². The van der Waals surface area contributed by atoms with Crippen LogP contribution in [0.4, 0.5) is 9.59 Å². The molecule has 0 aliphatic heterocycles. The molecule has 0 N–H and O–H groups in total. The van der Waals surface area contributed by atoms with Crippen LogP contribution in [0.3, 0.4) is 0 Å². The first-order chi connectivity index (χ1) is 16.4. The molecule has 182 valence electrons. The van der Waals surface area contributed by atoms with E-state index in [1.165, 1.54) is 46.2 Å². The van der Waals surface area contributed by atoms with Crippen molar-refractivity contribution in [3.8, 4) is 11.5 Å². The van der Waals surface area contributed by atoms with E-state index in [1.807, 2.05) is 0 Å². The third-order valence-corrected chi connectivity index (χ3v) is 4.84. The fourth-order valence-corrected chi connectivity index (χ4v) is 2.89. The molecule has 10 nitrogen and oxygen atoms in total. The van der Waals surface area contributed by atoms with Crippen LogP contribution in [0.2, 0.25) is 0 Å². The summed E-state index contributed by atoms with van der Waals surface area (Å²) in [6.07, 6.45) is -1.27. The third kappa shape index (κ3) is 6.71. The van der Waals surface area contributed by atoms with E-state index in [9.17, 15) is 19.2 Å². The third-order valence-electron chi connectivity index (χ3n) is 4.84. The van der Waals surface area contributed by atoms with E-state index >= 15 is 0 Å². The summed E-state index contributed by atoms with van der Waals surface area (Å²) in [4.78, 5) is 61.8. The Morgan fingerprint density at radius 3 is 1.24 bits per heavy atom. The molecule has 0 radical (unpaired) electrons. The number of amides is 2. The number of hydrogen-bond acceptors (Lipinski definition) is 8. The van der Waals surface area contributed by atoms with Gasteiger partial charge in [-0.25, -0.2) is 29.0 Å². The molecule has 2 amide bonds. The van der Waals surface area contributed by atoms with E-state index < -0.39 is 24.1 Å².